The van der Waals surface area contributed by atoms with Crippen LogP contribution in [0.4, 0.5) is 5.95 Å². The van der Waals surface area contributed by atoms with Crippen molar-refractivity contribution in [1.82, 2.24) is 9.97 Å². The number of halogens is 1. The van der Waals surface area contributed by atoms with Crippen LogP contribution >= 0.6 is 11.6 Å². The van der Waals surface area contributed by atoms with Crippen LogP contribution < -0.4 is 15.2 Å². The van der Waals surface area contributed by atoms with E-state index in [0.717, 1.165) is 11.1 Å². The van der Waals surface area contributed by atoms with Gasteiger partial charge in [-0.3, -0.25) is 14.6 Å². The van der Waals surface area contributed by atoms with E-state index < -0.39 is 5.97 Å². The maximum absolute atomic E-state index is 12.5. The summed E-state index contributed by atoms with van der Waals surface area (Å²) in [6, 6.07) is 3.45. The van der Waals surface area contributed by atoms with Gasteiger partial charge in [0.2, 0.25) is 5.95 Å². The zero-order valence-corrected chi connectivity index (χ0v) is 17.1. The Hall–Kier alpha value is -2.38. The van der Waals surface area contributed by atoms with Gasteiger partial charge in [-0.2, -0.15) is 0 Å². The molecule has 7 nitrogen and oxygen atoms in total. The molecule has 2 aromatic rings. The van der Waals surface area contributed by atoms with Crippen LogP contribution in [0.5, 0.6) is 5.75 Å². The van der Waals surface area contributed by atoms with Gasteiger partial charge in [-0.05, 0) is 50.5 Å². The molecule has 1 saturated heterocycles. The lowest BCUT2D eigenvalue weighted by molar-refractivity contribution is -0.134. The summed E-state index contributed by atoms with van der Waals surface area (Å²) in [6.07, 6.45) is 0.352. The highest BCUT2D eigenvalue weighted by Crippen LogP contribution is 2.26. The van der Waals surface area contributed by atoms with E-state index in [2.05, 4.69) is 9.97 Å². The summed E-state index contributed by atoms with van der Waals surface area (Å²) < 4.78 is 10.7. The molecule has 0 spiro atoms. The van der Waals surface area contributed by atoms with Crippen LogP contribution in [0.3, 0.4) is 0 Å². The summed E-state index contributed by atoms with van der Waals surface area (Å²) in [5, 5.41) is 0.661. The number of benzene rings is 1. The third kappa shape index (κ3) is 4.72. The van der Waals surface area contributed by atoms with Gasteiger partial charge in [-0.1, -0.05) is 11.6 Å². The smallest absolute Gasteiger partial charge is 0.311 e. The Kier molecular flexibility index (Phi) is 6.36. The molecule has 3 rings (SSSR count). The highest BCUT2D eigenvalue weighted by molar-refractivity contribution is 6.32. The lowest BCUT2D eigenvalue weighted by Gasteiger charge is -2.27. The Morgan fingerprint density at radius 3 is 2.50 bits per heavy atom. The fourth-order valence-corrected chi connectivity index (χ4v) is 3.30. The van der Waals surface area contributed by atoms with Gasteiger partial charge in [-0.15, -0.1) is 0 Å². The number of esters is 1. The Morgan fingerprint density at radius 1 is 1.25 bits per heavy atom. The first-order valence-electron chi connectivity index (χ1n) is 9.25. The highest BCUT2D eigenvalue weighted by Gasteiger charge is 2.17. The topological polar surface area (TPSA) is 84.5 Å². The van der Waals surface area contributed by atoms with Crippen LogP contribution in [-0.2, 0) is 16.0 Å². The van der Waals surface area contributed by atoms with Gasteiger partial charge < -0.3 is 14.4 Å². The van der Waals surface area contributed by atoms with Crippen LogP contribution in [-0.4, -0.2) is 42.2 Å². The molecule has 8 heteroatoms. The second kappa shape index (κ2) is 8.75. The molecule has 1 aromatic heterocycles. The van der Waals surface area contributed by atoms with E-state index in [1.165, 1.54) is 0 Å². The maximum atomic E-state index is 12.5. The van der Waals surface area contributed by atoms with Crippen molar-refractivity contribution in [2.75, 3.05) is 31.2 Å². The molecule has 1 aliphatic heterocycles. The molecule has 0 radical (unpaired) electrons. The van der Waals surface area contributed by atoms with Crippen molar-refractivity contribution in [1.29, 1.82) is 0 Å². The zero-order chi connectivity index (χ0) is 20.3. The molecule has 1 aromatic carbocycles. The number of aryl methyl sites for hydroxylation is 3. The molecular weight excluding hydrogens is 382 g/mol. The summed E-state index contributed by atoms with van der Waals surface area (Å²) in [6.45, 7) is 8.10. The molecule has 0 atom stereocenters. The molecule has 0 bridgehead atoms. The van der Waals surface area contributed by atoms with E-state index in [1.807, 2.05) is 18.7 Å². The summed E-state index contributed by atoms with van der Waals surface area (Å²) in [5.41, 5.74) is 2.59. The minimum Gasteiger partial charge on any atom is -0.426 e. The number of hydrogen-bond acceptors (Lipinski definition) is 6. The average molecular weight is 406 g/mol. The largest absolute Gasteiger partial charge is 0.426 e. The van der Waals surface area contributed by atoms with Gasteiger partial charge in [0.1, 0.15) is 5.75 Å². The van der Waals surface area contributed by atoms with Gasteiger partial charge >= 0.3 is 5.97 Å². The molecule has 1 fully saturated rings. The summed E-state index contributed by atoms with van der Waals surface area (Å²) in [4.78, 5) is 34.0. The third-order valence-corrected chi connectivity index (χ3v) is 5.34. The summed E-state index contributed by atoms with van der Waals surface area (Å²) in [7, 11) is 0. The van der Waals surface area contributed by atoms with Crippen molar-refractivity contribution in [3.05, 3.63) is 49.9 Å². The normalized spacial score (nSPS) is 14.2. The molecule has 1 N–H and O–H groups in total. The van der Waals surface area contributed by atoms with Gasteiger partial charge in [-0.25, -0.2) is 4.98 Å². The van der Waals surface area contributed by atoms with Gasteiger partial charge in [0.05, 0.1) is 19.6 Å². The number of nitrogens with zero attached hydrogens (tertiary/aromatic N) is 2. The van der Waals surface area contributed by atoms with Crippen molar-refractivity contribution >= 4 is 23.5 Å². The number of carbonyl (C=O) groups is 1. The second-order valence-corrected chi connectivity index (χ2v) is 7.28. The number of anilines is 1. The minimum absolute atomic E-state index is 0.0865. The minimum atomic E-state index is -0.405. The molecule has 28 heavy (non-hydrogen) atoms. The quantitative estimate of drug-likeness (QED) is 0.608. The fourth-order valence-electron chi connectivity index (χ4n) is 3.19. The SMILES string of the molecule is Cc1cc(OC(=O)CCc2c(C)nc(N3CCOCC3)[nH]c2=O)cc(C)c1Cl. The fraction of sp³-hybridized carbons (Fsp3) is 0.450. The van der Waals surface area contributed by atoms with Crippen molar-refractivity contribution < 1.29 is 14.3 Å². The number of morpholine rings is 1. The van der Waals surface area contributed by atoms with Crippen molar-refractivity contribution in [3.63, 3.8) is 0 Å². The molecule has 0 unspecified atom stereocenters. The molecule has 2 heterocycles. The number of nitrogens with one attached hydrogen (secondary N) is 1. The Morgan fingerprint density at radius 2 is 1.89 bits per heavy atom. The number of aromatic nitrogens is 2. The van der Waals surface area contributed by atoms with Gasteiger partial charge in [0.25, 0.3) is 5.56 Å². The number of aromatic amines is 1. The highest BCUT2D eigenvalue weighted by atomic mass is 35.5. The number of carbonyl (C=O) groups excluding carboxylic acids is 1. The maximum Gasteiger partial charge on any atom is 0.311 e. The van der Waals surface area contributed by atoms with Gasteiger partial charge in [0, 0.05) is 29.4 Å². The predicted molar refractivity (Wildman–Crippen MR) is 108 cm³/mol. The van der Waals surface area contributed by atoms with E-state index in [4.69, 9.17) is 21.1 Å². The molecule has 0 aliphatic carbocycles. The van der Waals surface area contributed by atoms with E-state index in [1.54, 1.807) is 19.1 Å². The lowest BCUT2D eigenvalue weighted by Crippen LogP contribution is -2.38. The van der Waals surface area contributed by atoms with E-state index in [-0.39, 0.29) is 18.4 Å². The Bertz CT molecular complexity index is 913. The van der Waals surface area contributed by atoms with E-state index >= 15 is 0 Å². The number of H-pyrrole nitrogens is 1. The molecule has 0 saturated carbocycles. The van der Waals surface area contributed by atoms with Crippen LogP contribution in [0.1, 0.15) is 28.8 Å². The number of rotatable bonds is 5. The monoisotopic (exact) mass is 405 g/mol. The summed E-state index contributed by atoms with van der Waals surface area (Å²) in [5.74, 6) is 0.595. The summed E-state index contributed by atoms with van der Waals surface area (Å²) >= 11 is 6.14. The van der Waals surface area contributed by atoms with E-state index in [9.17, 15) is 9.59 Å². The number of ether oxygens (including phenoxy) is 2. The van der Waals surface area contributed by atoms with E-state index in [0.29, 0.717) is 54.3 Å². The standard InChI is InChI=1S/C20H24ClN3O4/c1-12-10-15(11-13(2)18(12)21)28-17(25)5-4-16-14(3)22-20(23-19(16)26)24-6-8-27-9-7-24/h10-11H,4-9H2,1-3H3,(H,22,23,26). The van der Waals surface area contributed by atoms with Crippen molar-refractivity contribution in [3.8, 4) is 5.75 Å². The zero-order valence-electron chi connectivity index (χ0n) is 16.3. The third-order valence-electron chi connectivity index (χ3n) is 4.74. The Labute approximate surface area is 168 Å². The van der Waals surface area contributed by atoms with Gasteiger partial charge in [0.15, 0.2) is 0 Å². The molecule has 150 valence electrons. The average Bonchev–Trinajstić information content (AvgIpc) is 2.66. The first kappa shape index (κ1) is 20.4. The van der Waals surface area contributed by atoms with Crippen LogP contribution in [0.15, 0.2) is 16.9 Å². The molecule has 1 aliphatic rings. The molecule has 0 amide bonds. The van der Waals surface area contributed by atoms with Crippen LogP contribution in [0.2, 0.25) is 5.02 Å². The van der Waals surface area contributed by atoms with Crippen LogP contribution in [0.25, 0.3) is 0 Å². The van der Waals surface area contributed by atoms with Crippen molar-refractivity contribution in [2.45, 2.75) is 33.6 Å². The Balaban J connectivity index is 1.65. The number of hydrogen-bond donors (Lipinski definition) is 1. The first-order valence-corrected chi connectivity index (χ1v) is 9.63. The van der Waals surface area contributed by atoms with Crippen LogP contribution in [0, 0.1) is 20.8 Å². The molecular formula is C20H24ClN3O4. The first-order chi connectivity index (χ1) is 13.3. The second-order valence-electron chi connectivity index (χ2n) is 6.90. The predicted octanol–water partition coefficient (Wildman–Crippen LogP) is 2.72. The van der Waals surface area contributed by atoms with Crippen molar-refractivity contribution in [2.24, 2.45) is 0 Å². The lowest BCUT2D eigenvalue weighted by atomic mass is 10.1.